The van der Waals surface area contributed by atoms with Crippen molar-refractivity contribution in [2.75, 3.05) is 12.4 Å². The van der Waals surface area contributed by atoms with Crippen molar-refractivity contribution in [1.82, 2.24) is 0 Å². The maximum Gasteiger partial charge on any atom is 0.160 e. The molecular weight excluding hydrogens is 368 g/mol. The first-order valence-corrected chi connectivity index (χ1v) is 7.27. The van der Waals surface area contributed by atoms with E-state index >= 15 is 0 Å². The predicted octanol–water partition coefficient (Wildman–Crippen LogP) is 5.52. The maximum atomic E-state index is 13.3. The van der Waals surface area contributed by atoms with E-state index in [1.165, 1.54) is 12.1 Å². The Bertz CT molecular complexity index is 614. The Kier molecular flexibility index (Phi) is 5.13. The van der Waals surface area contributed by atoms with Gasteiger partial charge in [0.15, 0.2) is 5.82 Å². The third kappa shape index (κ3) is 3.57. The van der Waals surface area contributed by atoms with Gasteiger partial charge in [-0.2, -0.15) is 0 Å². The second-order valence-corrected chi connectivity index (χ2v) is 5.73. The van der Waals surface area contributed by atoms with Gasteiger partial charge < -0.3 is 10.1 Å². The quantitative estimate of drug-likeness (QED) is 0.707. The molecule has 2 aromatic rings. The van der Waals surface area contributed by atoms with Crippen molar-refractivity contribution in [3.8, 4) is 5.75 Å². The van der Waals surface area contributed by atoms with Gasteiger partial charge in [-0.1, -0.05) is 39.1 Å². The van der Waals surface area contributed by atoms with Crippen LogP contribution < -0.4 is 10.1 Å². The van der Waals surface area contributed by atoms with E-state index in [1.54, 1.807) is 7.11 Å². The summed E-state index contributed by atoms with van der Waals surface area (Å²) in [6.45, 7) is 0.524. The summed E-state index contributed by atoms with van der Waals surface area (Å²) in [6.07, 6.45) is 0. The van der Waals surface area contributed by atoms with Gasteiger partial charge in [-0.25, -0.2) is 4.39 Å². The molecule has 0 aliphatic heterocycles. The van der Waals surface area contributed by atoms with Crippen LogP contribution in [0.5, 0.6) is 5.75 Å². The number of halogens is 4. The van der Waals surface area contributed by atoms with E-state index in [9.17, 15) is 4.39 Å². The molecule has 2 nitrogen and oxygen atoms in total. The number of anilines is 1. The highest BCUT2D eigenvalue weighted by Crippen LogP contribution is 2.28. The Morgan fingerprint density at radius 2 is 1.85 bits per heavy atom. The molecule has 20 heavy (non-hydrogen) atoms. The number of methoxy groups -OCH3 is 1. The van der Waals surface area contributed by atoms with E-state index in [0.29, 0.717) is 12.2 Å². The summed E-state index contributed by atoms with van der Waals surface area (Å²) < 4.78 is 19.4. The summed E-state index contributed by atoms with van der Waals surface area (Å²) in [5.74, 6) is 0.154. The molecule has 1 N–H and O–H groups in total. The van der Waals surface area contributed by atoms with Gasteiger partial charge in [-0.15, -0.1) is 0 Å². The van der Waals surface area contributed by atoms with Gasteiger partial charge in [-0.3, -0.25) is 0 Å². The van der Waals surface area contributed by atoms with E-state index < -0.39 is 5.82 Å². The third-order valence-electron chi connectivity index (χ3n) is 2.72. The predicted molar refractivity (Wildman–Crippen MR) is 84.4 cm³/mol. The topological polar surface area (TPSA) is 21.3 Å². The van der Waals surface area contributed by atoms with E-state index in [1.807, 2.05) is 18.2 Å². The van der Waals surface area contributed by atoms with Crippen molar-refractivity contribution < 1.29 is 9.13 Å². The third-order valence-corrected chi connectivity index (χ3v) is 4.04. The zero-order valence-corrected chi connectivity index (χ0v) is 13.6. The lowest BCUT2D eigenvalue weighted by Crippen LogP contribution is -2.01. The van der Waals surface area contributed by atoms with E-state index in [4.69, 9.17) is 27.9 Å². The van der Waals surface area contributed by atoms with Crippen LogP contribution in [0, 0.1) is 5.82 Å². The van der Waals surface area contributed by atoms with Crippen LogP contribution in [0.15, 0.2) is 34.8 Å². The zero-order chi connectivity index (χ0) is 14.7. The monoisotopic (exact) mass is 377 g/mol. The first-order valence-electron chi connectivity index (χ1n) is 5.72. The number of ether oxygens (including phenoxy) is 1. The minimum absolute atomic E-state index is 0.00953. The van der Waals surface area contributed by atoms with Crippen molar-refractivity contribution >= 4 is 44.8 Å². The lowest BCUT2D eigenvalue weighted by Gasteiger charge is -2.11. The van der Waals surface area contributed by atoms with Crippen LogP contribution in [-0.4, -0.2) is 7.11 Å². The molecule has 0 fully saturated rings. The van der Waals surface area contributed by atoms with Gasteiger partial charge in [0.2, 0.25) is 0 Å². The molecule has 0 aliphatic carbocycles. The Morgan fingerprint density at radius 1 is 1.20 bits per heavy atom. The summed E-state index contributed by atoms with van der Waals surface area (Å²) in [4.78, 5) is 0. The molecule has 6 heteroatoms. The average Bonchev–Trinajstić information content (AvgIpc) is 2.43. The maximum absolute atomic E-state index is 13.3. The second-order valence-electron chi connectivity index (χ2n) is 4.06. The lowest BCUT2D eigenvalue weighted by atomic mass is 10.2. The van der Waals surface area contributed by atoms with Crippen molar-refractivity contribution in [3.05, 3.63) is 56.2 Å². The molecule has 0 aromatic heterocycles. The molecule has 0 saturated carbocycles. The van der Waals surface area contributed by atoms with Crippen LogP contribution in [0.2, 0.25) is 10.0 Å². The van der Waals surface area contributed by atoms with E-state index in [2.05, 4.69) is 21.2 Å². The highest BCUT2D eigenvalue weighted by Gasteiger charge is 2.08. The molecular formula is C14H11BrCl2FNO. The number of hydrogen-bond donors (Lipinski definition) is 1. The largest absolute Gasteiger partial charge is 0.497 e. The van der Waals surface area contributed by atoms with Crippen LogP contribution in [0.3, 0.4) is 0 Å². The van der Waals surface area contributed by atoms with Crippen molar-refractivity contribution in [3.63, 3.8) is 0 Å². The van der Waals surface area contributed by atoms with Crippen molar-refractivity contribution in [1.29, 1.82) is 0 Å². The molecule has 0 heterocycles. The molecule has 2 aromatic carbocycles. The molecule has 0 spiro atoms. The highest BCUT2D eigenvalue weighted by atomic mass is 79.9. The fraction of sp³-hybridized carbons (Fsp3) is 0.143. The van der Waals surface area contributed by atoms with Crippen LogP contribution in [-0.2, 0) is 6.54 Å². The SMILES string of the molecule is COc1ccc(Br)c(CNc2cc(Cl)c(F)c(Cl)c2)c1. The standard InChI is InChI=1S/C14H11BrCl2FNO/c1-20-10-2-3-11(15)8(4-10)7-19-9-5-12(16)14(18)13(17)6-9/h2-6,19H,7H2,1H3. The summed E-state index contributed by atoms with van der Waals surface area (Å²) in [5.41, 5.74) is 1.65. The molecule has 0 radical (unpaired) electrons. The lowest BCUT2D eigenvalue weighted by molar-refractivity contribution is 0.414. The van der Waals surface area contributed by atoms with Crippen LogP contribution in [0.4, 0.5) is 10.1 Å². The summed E-state index contributed by atoms with van der Waals surface area (Å²) in [6, 6.07) is 8.66. The summed E-state index contributed by atoms with van der Waals surface area (Å²) >= 11 is 15.0. The minimum atomic E-state index is -0.610. The molecule has 0 saturated heterocycles. The molecule has 0 aliphatic rings. The minimum Gasteiger partial charge on any atom is -0.497 e. The molecule has 0 unspecified atom stereocenters. The van der Waals surface area contributed by atoms with Gasteiger partial charge in [0.05, 0.1) is 17.2 Å². The van der Waals surface area contributed by atoms with Gasteiger partial charge in [0, 0.05) is 16.7 Å². The van der Waals surface area contributed by atoms with Crippen LogP contribution in [0.1, 0.15) is 5.56 Å². The van der Waals surface area contributed by atoms with Crippen molar-refractivity contribution in [2.24, 2.45) is 0 Å². The van der Waals surface area contributed by atoms with Gasteiger partial charge in [0.25, 0.3) is 0 Å². The Labute approximate surface area is 135 Å². The Morgan fingerprint density at radius 3 is 2.45 bits per heavy atom. The van der Waals surface area contributed by atoms with Gasteiger partial charge >= 0.3 is 0 Å². The fourth-order valence-electron chi connectivity index (χ4n) is 1.67. The molecule has 0 amide bonds. The van der Waals surface area contributed by atoms with E-state index in [-0.39, 0.29) is 10.0 Å². The molecule has 0 bridgehead atoms. The molecule has 106 valence electrons. The van der Waals surface area contributed by atoms with Crippen LogP contribution in [0.25, 0.3) is 0 Å². The number of rotatable bonds is 4. The highest BCUT2D eigenvalue weighted by molar-refractivity contribution is 9.10. The first kappa shape index (κ1) is 15.4. The Hall–Kier alpha value is -0.970. The van der Waals surface area contributed by atoms with E-state index in [0.717, 1.165) is 15.8 Å². The smallest absolute Gasteiger partial charge is 0.160 e. The summed E-state index contributed by atoms with van der Waals surface area (Å²) in [7, 11) is 1.61. The normalized spacial score (nSPS) is 10.4. The Balaban J connectivity index is 2.16. The van der Waals surface area contributed by atoms with Crippen molar-refractivity contribution in [2.45, 2.75) is 6.54 Å². The second kappa shape index (κ2) is 6.66. The molecule has 2 rings (SSSR count). The number of hydrogen-bond acceptors (Lipinski definition) is 2. The number of benzene rings is 2. The van der Waals surface area contributed by atoms with Gasteiger partial charge in [-0.05, 0) is 35.9 Å². The average molecular weight is 379 g/mol. The summed E-state index contributed by atoms with van der Waals surface area (Å²) in [5, 5.41) is 3.12. The fourth-order valence-corrected chi connectivity index (χ4v) is 2.54. The zero-order valence-electron chi connectivity index (χ0n) is 10.5. The van der Waals surface area contributed by atoms with Crippen LogP contribution >= 0.6 is 39.1 Å². The molecule has 0 atom stereocenters. The van der Waals surface area contributed by atoms with Gasteiger partial charge in [0.1, 0.15) is 5.75 Å². The first-order chi connectivity index (χ1) is 9.51. The number of nitrogens with one attached hydrogen (secondary N) is 1.